The normalized spacial score (nSPS) is 11.9. The molecule has 0 atom stereocenters. The van der Waals surface area contributed by atoms with Crippen molar-refractivity contribution in [1.29, 1.82) is 0 Å². The second-order valence-corrected chi connectivity index (χ2v) is 10.4. The van der Waals surface area contributed by atoms with E-state index < -0.39 is 9.84 Å². The van der Waals surface area contributed by atoms with E-state index in [0.29, 0.717) is 17.9 Å². The molecule has 1 N–H and O–H groups in total. The van der Waals surface area contributed by atoms with E-state index in [2.05, 4.69) is 36.5 Å². The molecule has 11 heteroatoms. The van der Waals surface area contributed by atoms with E-state index in [1.807, 2.05) is 11.4 Å². The zero-order valence-corrected chi connectivity index (χ0v) is 18.9. The predicted molar refractivity (Wildman–Crippen MR) is 119 cm³/mol. The second kappa shape index (κ2) is 7.66. The van der Waals surface area contributed by atoms with Crippen LogP contribution in [0.3, 0.4) is 0 Å². The topological polar surface area (TPSA) is 89.2 Å². The molecule has 0 fully saturated rings. The molecule has 0 amide bonds. The zero-order valence-electron chi connectivity index (χ0n) is 15.7. The van der Waals surface area contributed by atoms with Crippen molar-refractivity contribution in [3.8, 4) is 0 Å². The van der Waals surface area contributed by atoms with Crippen molar-refractivity contribution in [2.45, 2.75) is 16.5 Å². The molecule has 7 nitrogen and oxygen atoms in total. The number of hydrogen-bond acceptors (Lipinski definition) is 7. The van der Waals surface area contributed by atoms with Gasteiger partial charge in [0.1, 0.15) is 11.6 Å². The van der Waals surface area contributed by atoms with Gasteiger partial charge < -0.3 is 5.32 Å². The van der Waals surface area contributed by atoms with Gasteiger partial charge in [-0.25, -0.2) is 17.8 Å². The van der Waals surface area contributed by atoms with Crippen LogP contribution in [0.5, 0.6) is 0 Å². The summed E-state index contributed by atoms with van der Waals surface area (Å²) in [7, 11) is -3.92. The van der Waals surface area contributed by atoms with Gasteiger partial charge in [-0.2, -0.15) is 4.52 Å². The lowest BCUT2D eigenvalue weighted by atomic mass is 10.2. The van der Waals surface area contributed by atoms with Gasteiger partial charge in [-0.1, -0.05) is 33.3 Å². The number of rotatable bonds is 5. The summed E-state index contributed by atoms with van der Waals surface area (Å²) in [4.78, 5) is 4.66. The molecular weight excluding hydrogens is 505 g/mol. The monoisotopic (exact) mass is 517 g/mol. The largest absolute Gasteiger partial charge is 0.365 e. The summed E-state index contributed by atoms with van der Waals surface area (Å²) in [5, 5.41) is 12.9. The summed E-state index contributed by atoms with van der Waals surface area (Å²) in [6.45, 7) is 0.396. The number of nitrogens with zero attached hydrogens (tertiary/aromatic N) is 4. The average molecular weight is 518 g/mol. The molecular formula is C20H13BrFN5O2S2. The van der Waals surface area contributed by atoms with Crippen LogP contribution >= 0.6 is 27.3 Å². The van der Waals surface area contributed by atoms with Crippen LogP contribution in [0.25, 0.3) is 15.9 Å². The first-order chi connectivity index (χ1) is 14.9. The van der Waals surface area contributed by atoms with Crippen molar-refractivity contribution < 1.29 is 12.8 Å². The highest BCUT2D eigenvalue weighted by Crippen LogP contribution is 2.31. The number of halogens is 2. The van der Waals surface area contributed by atoms with Gasteiger partial charge in [-0.05, 0) is 53.4 Å². The molecule has 0 unspecified atom stereocenters. The zero-order chi connectivity index (χ0) is 21.6. The van der Waals surface area contributed by atoms with Crippen molar-refractivity contribution >= 4 is 58.8 Å². The smallest absolute Gasteiger partial charge is 0.229 e. The third-order valence-corrected chi connectivity index (χ3v) is 7.78. The fourth-order valence-electron chi connectivity index (χ4n) is 3.13. The molecule has 0 bridgehead atoms. The quantitative estimate of drug-likeness (QED) is 0.363. The molecule has 0 radical (unpaired) electrons. The molecule has 3 heterocycles. The minimum atomic E-state index is -3.92. The summed E-state index contributed by atoms with van der Waals surface area (Å²) in [6, 6.07) is 14.3. The van der Waals surface area contributed by atoms with Gasteiger partial charge in [-0.15, -0.1) is 16.4 Å². The Bertz CT molecular complexity index is 1510. The Morgan fingerprint density at radius 3 is 2.55 bits per heavy atom. The Kier molecular flexibility index (Phi) is 4.95. The number of fused-ring (bicyclic) bond motifs is 3. The number of aromatic nitrogens is 4. The number of benzene rings is 2. The minimum Gasteiger partial charge on any atom is -0.365 e. The summed E-state index contributed by atoms with van der Waals surface area (Å²) in [6.07, 6.45) is 0. The van der Waals surface area contributed by atoms with E-state index in [-0.39, 0.29) is 21.4 Å². The number of nitrogens with one attached hydrogen (secondary N) is 1. The van der Waals surface area contributed by atoms with Crippen molar-refractivity contribution in [3.63, 3.8) is 0 Å². The Balaban J connectivity index is 1.61. The van der Waals surface area contributed by atoms with Crippen molar-refractivity contribution in [3.05, 3.63) is 75.8 Å². The fourth-order valence-corrected chi connectivity index (χ4v) is 5.47. The average Bonchev–Trinajstić information content (AvgIpc) is 3.40. The van der Waals surface area contributed by atoms with E-state index in [9.17, 15) is 12.8 Å². The Morgan fingerprint density at radius 2 is 1.81 bits per heavy atom. The lowest BCUT2D eigenvalue weighted by Gasteiger charge is -2.08. The lowest BCUT2D eigenvalue weighted by Crippen LogP contribution is -2.06. The van der Waals surface area contributed by atoms with E-state index in [4.69, 9.17) is 0 Å². The Hall–Kier alpha value is -2.89. The van der Waals surface area contributed by atoms with Crippen LogP contribution in [0, 0.1) is 5.82 Å². The van der Waals surface area contributed by atoms with Crippen molar-refractivity contribution in [1.82, 2.24) is 19.8 Å². The van der Waals surface area contributed by atoms with Gasteiger partial charge in [-0.3, -0.25) is 0 Å². The van der Waals surface area contributed by atoms with Gasteiger partial charge in [0.15, 0.2) is 5.65 Å². The molecule has 31 heavy (non-hydrogen) atoms. The SMILES string of the molecule is O=S(=O)(c1ccc(Br)cc1)c1nnn2c1nc(NCc1ccc(F)cc1)c1sccc12. The molecule has 0 saturated heterocycles. The van der Waals surface area contributed by atoms with Crippen molar-refractivity contribution in [2.75, 3.05) is 5.32 Å². The lowest BCUT2D eigenvalue weighted by molar-refractivity contribution is 0.592. The van der Waals surface area contributed by atoms with Crippen LogP contribution in [-0.4, -0.2) is 28.2 Å². The maximum atomic E-state index is 13.2. The Morgan fingerprint density at radius 1 is 1.06 bits per heavy atom. The standard InChI is InChI=1S/C20H13BrFN5O2S2/c21-13-3-7-15(8-4-13)31(28,29)20-19-24-18(23-11-12-1-5-14(22)6-2-12)17-16(9-10-30-17)27(19)26-25-20/h1-10H,11H2,(H,23,24). The molecule has 2 aromatic carbocycles. The summed E-state index contributed by atoms with van der Waals surface area (Å²) < 4.78 is 42.6. The third kappa shape index (κ3) is 3.58. The maximum absolute atomic E-state index is 13.2. The molecule has 0 aliphatic carbocycles. The molecule has 0 aliphatic heterocycles. The van der Waals surface area contributed by atoms with E-state index in [1.54, 1.807) is 24.3 Å². The highest BCUT2D eigenvalue weighted by atomic mass is 79.9. The summed E-state index contributed by atoms with van der Waals surface area (Å²) >= 11 is 4.76. The van der Waals surface area contributed by atoms with Gasteiger partial charge in [0, 0.05) is 11.0 Å². The molecule has 0 saturated carbocycles. The highest BCUT2D eigenvalue weighted by Gasteiger charge is 2.27. The van der Waals surface area contributed by atoms with Crippen LogP contribution in [0.1, 0.15) is 5.56 Å². The van der Waals surface area contributed by atoms with Gasteiger partial charge in [0.05, 0.1) is 15.1 Å². The number of sulfone groups is 1. The van der Waals surface area contributed by atoms with E-state index in [0.717, 1.165) is 14.7 Å². The molecule has 156 valence electrons. The van der Waals surface area contributed by atoms with E-state index >= 15 is 0 Å². The van der Waals surface area contributed by atoms with Crippen molar-refractivity contribution in [2.24, 2.45) is 0 Å². The first-order valence-electron chi connectivity index (χ1n) is 9.05. The number of anilines is 1. The fraction of sp³-hybridized carbons (Fsp3) is 0.0500. The van der Waals surface area contributed by atoms with Crippen LogP contribution in [0.15, 0.2) is 74.4 Å². The highest BCUT2D eigenvalue weighted by molar-refractivity contribution is 9.10. The summed E-state index contributed by atoms with van der Waals surface area (Å²) in [5.74, 6) is 0.202. The first-order valence-corrected chi connectivity index (χ1v) is 12.2. The van der Waals surface area contributed by atoms with Gasteiger partial charge in [0.25, 0.3) is 0 Å². The van der Waals surface area contributed by atoms with Gasteiger partial charge in [0.2, 0.25) is 14.9 Å². The predicted octanol–water partition coefficient (Wildman–Crippen LogP) is 4.69. The number of hydrogen-bond donors (Lipinski definition) is 1. The summed E-state index contributed by atoms with van der Waals surface area (Å²) in [5.41, 5.74) is 1.69. The van der Waals surface area contributed by atoms with Crippen LogP contribution in [0.2, 0.25) is 0 Å². The third-order valence-electron chi connectivity index (χ3n) is 4.67. The molecule has 3 aromatic heterocycles. The van der Waals surface area contributed by atoms with Gasteiger partial charge >= 0.3 is 0 Å². The second-order valence-electron chi connectivity index (χ2n) is 6.66. The van der Waals surface area contributed by atoms with Crippen LogP contribution in [-0.2, 0) is 16.4 Å². The first kappa shape index (κ1) is 20.0. The number of thiophene rings is 1. The molecule has 0 aliphatic rings. The molecule has 5 aromatic rings. The molecule has 0 spiro atoms. The molecule has 5 rings (SSSR count). The maximum Gasteiger partial charge on any atom is 0.229 e. The Labute approximate surface area is 188 Å². The van der Waals surface area contributed by atoms with Crippen LogP contribution < -0.4 is 5.32 Å². The van der Waals surface area contributed by atoms with E-state index in [1.165, 1.54) is 40.1 Å². The van der Waals surface area contributed by atoms with Crippen LogP contribution in [0.4, 0.5) is 10.2 Å². The minimum absolute atomic E-state index is 0.103.